The average Bonchev–Trinajstić information content (AvgIpc) is 2.61. The van der Waals surface area contributed by atoms with Crippen LogP contribution < -0.4 is 9.64 Å². The molecule has 0 bridgehead atoms. The third-order valence-electron chi connectivity index (χ3n) is 4.17. The Kier molecular flexibility index (Phi) is 5.33. The number of aromatic nitrogens is 1. The minimum atomic E-state index is -0.469. The van der Waals surface area contributed by atoms with E-state index in [-0.39, 0.29) is 0 Å². The number of piperazine rings is 1. The Hall–Kier alpha value is -2.11. The zero-order chi connectivity index (χ0) is 16.9. The van der Waals surface area contributed by atoms with Gasteiger partial charge in [-0.2, -0.15) is 0 Å². The lowest BCUT2D eigenvalue weighted by atomic mass is 10.2. The van der Waals surface area contributed by atoms with E-state index in [1.54, 1.807) is 30.5 Å². The molecule has 1 aromatic carbocycles. The van der Waals surface area contributed by atoms with Gasteiger partial charge in [0.1, 0.15) is 18.1 Å². The lowest BCUT2D eigenvalue weighted by molar-refractivity contribution is 0.108. The molecule has 3 rings (SSSR count). The maximum absolute atomic E-state index is 11.1. The van der Waals surface area contributed by atoms with E-state index in [4.69, 9.17) is 16.3 Å². The fraction of sp³-hybridized carbons (Fsp3) is 0.333. The van der Waals surface area contributed by atoms with Gasteiger partial charge in [0.25, 0.3) is 5.24 Å². The van der Waals surface area contributed by atoms with E-state index in [0.29, 0.717) is 17.9 Å². The van der Waals surface area contributed by atoms with Gasteiger partial charge in [0, 0.05) is 37.9 Å². The van der Waals surface area contributed by atoms with Crippen molar-refractivity contribution in [3.63, 3.8) is 0 Å². The Bertz CT molecular complexity index is 698. The van der Waals surface area contributed by atoms with E-state index >= 15 is 0 Å². The molecule has 2 heterocycles. The number of hydrogen-bond donors (Lipinski definition) is 0. The highest BCUT2D eigenvalue weighted by molar-refractivity contribution is 6.67. The Labute approximate surface area is 146 Å². The molecule has 1 aliphatic rings. The fourth-order valence-corrected chi connectivity index (χ4v) is 2.84. The summed E-state index contributed by atoms with van der Waals surface area (Å²) in [7, 11) is 2.14. The van der Waals surface area contributed by atoms with Crippen LogP contribution in [0, 0.1) is 0 Å². The first kappa shape index (κ1) is 16.7. The van der Waals surface area contributed by atoms with Crippen LogP contribution in [-0.4, -0.2) is 48.4 Å². The minimum Gasteiger partial charge on any atom is -0.487 e. The predicted octanol–water partition coefficient (Wildman–Crippen LogP) is 2.79. The van der Waals surface area contributed by atoms with E-state index in [1.165, 1.54) is 0 Å². The van der Waals surface area contributed by atoms with Gasteiger partial charge in [-0.05, 0) is 55.0 Å². The van der Waals surface area contributed by atoms with Gasteiger partial charge in [0.05, 0.1) is 5.69 Å². The number of halogens is 1. The second-order valence-corrected chi connectivity index (χ2v) is 6.19. The van der Waals surface area contributed by atoms with E-state index in [1.807, 2.05) is 6.07 Å². The largest absolute Gasteiger partial charge is 0.487 e. The first-order valence-corrected chi connectivity index (χ1v) is 8.31. The van der Waals surface area contributed by atoms with Crippen LogP contribution >= 0.6 is 11.6 Å². The molecule has 5 nitrogen and oxygen atoms in total. The van der Waals surface area contributed by atoms with E-state index in [9.17, 15) is 4.79 Å². The van der Waals surface area contributed by atoms with Crippen molar-refractivity contribution in [3.05, 3.63) is 53.9 Å². The number of likely N-dealkylation sites (N-methyl/N-ethyl adjacent to an activating group) is 1. The molecule has 0 aliphatic carbocycles. The lowest BCUT2D eigenvalue weighted by Crippen LogP contribution is -2.44. The molecule has 0 N–H and O–H groups in total. The van der Waals surface area contributed by atoms with Gasteiger partial charge in [-0.15, -0.1) is 0 Å². The van der Waals surface area contributed by atoms with Gasteiger partial charge in [-0.1, -0.05) is 0 Å². The smallest absolute Gasteiger partial charge is 0.252 e. The number of anilines is 1. The molecular weight excluding hydrogens is 326 g/mol. The Morgan fingerprint density at radius 1 is 1.17 bits per heavy atom. The first-order valence-electron chi connectivity index (χ1n) is 7.93. The van der Waals surface area contributed by atoms with Gasteiger partial charge in [-0.3, -0.25) is 9.78 Å². The molecule has 126 valence electrons. The van der Waals surface area contributed by atoms with Crippen LogP contribution in [0.5, 0.6) is 5.75 Å². The minimum absolute atomic E-state index is 0.386. The number of nitrogens with zero attached hydrogens (tertiary/aromatic N) is 3. The highest BCUT2D eigenvalue weighted by Gasteiger charge is 2.17. The number of carbonyl (C=O) groups is 1. The van der Waals surface area contributed by atoms with E-state index < -0.39 is 5.24 Å². The third-order valence-corrected chi connectivity index (χ3v) is 4.39. The number of ether oxygens (including phenoxy) is 1. The third kappa shape index (κ3) is 4.04. The van der Waals surface area contributed by atoms with Crippen LogP contribution in [0.4, 0.5) is 5.69 Å². The summed E-state index contributed by atoms with van der Waals surface area (Å²) in [6, 6.07) is 10.8. The van der Waals surface area contributed by atoms with Crippen molar-refractivity contribution in [3.8, 4) is 5.75 Å². The number of hydrogen-bond acceptors (Lipinski definition) is 5. The summed E-state index contributed by atoms with van der Waals surface area (Å²) in [5.74, 6) is 0.687. The molecule has 6 heteroatoms. The molecule has 2 aromatic rings. The Morgan fingerprint density at radius 2 is 1.88 bits per heavy atom. The van der Waals surface area contributed by atoms with Crippen LogP contribution in [0.3, 0.4) is 0 Å². The van der Waals surface area contributed by atoms with Crippen LogP contribution in [0.15, 0.2) is 42.6 Å². The second-order valence-electron chi connectivity index (χ2n) is 5.85. The summed E-state index contributed by atoms with van der Waals surface area (Å²) < 4.78 is 5.83. The highest BCUT2D eigenvalue weighted by Crippen LogP contribution is 2.22. The summed E-state index contributed by atoms with van der Waals surface area (Å²) in [5.41, 5.74) is 2.50. The van der Waals surface area contributed by atoms with Crippen molar-refractivity contribution in [2.24, 2.45) is 0 Å². The normalized spacial score (nSPS) is 15.3. The lowest BCUT2D eigenvalue weighted by Gasteiger charge is -2.34. The van der Waals surface area contributed by atoms with E-state index in [2.05, 4.69) is 27.9 Å². The molecule has 1 fully saturated rings. The Balaban J connectivity index is 1.68. The molecule has 0 saturated carbocycles. The molecule has 0 spiro atoms. The molecule has 0 radical (unpaired) electrons. The van der Waals surface area contributed by atoms with Crippen molar-refractivity contribution < 1.29 is 9.53 Å². The number of carbonyl (C=O) groups excluding carboxylic acids is 1. The maximum atomic E-state index is 11.1. The monoisotopic (exact) mass is 345 g/mol. The van der Waals surface area contributed by atoms with Crippen molar-refractivity contribution in [2.45, 2.75) is 6.61 Å². The van der Waals surface area contributed by atoms with Crippen LogP contribution in [0.2, 0.25) is 0 Å². The SMILES string of the molecule is CN1CCN(c2cccnc2COc2ccc(C(=O)Cl)cc2)CC1. The summed E-state index contributed by atoms with van der Waals surface area (Å²) in [6.07, 6.45) is 1.79. The predicted molar refractivity (Wildman–Crippen MR) is 94.9 cm³/mol. The van der Waals surface area contributed by atoms with Crippen molar-refractivity contribution in [1.82, 2.24) is 9.88 Å². The van der Waals surface area contributed by atoms with Gasteiger partial charge < -0.3 is 14.5 Å². The van der Waals surface area contributed by atoms with Crippen molar-refractivity contribution in [1.29, 1.82) is 0 Å². The van der Waals surface area contributed by atoms with Crippen LogP contribution in [-0.2, 0) is 6.61 Å². The van der Waals surface area contributed by atoms with Gasteiger partial charge >= 0.3 is 0 Å². The summed E-state index contributed by atoms with van der Waals surface area (Å²) in [4.78, 5) is 20.2. The van der Waals surface area contributed by atoms with Crippen molar-refractivity contribution >= 4 is 22.5 Å². The van der Waals surface area contributed by atoms with Gasteiger partial charge in [0.15, 0.2) is 0 Å². The average molecular weight is 346 g/mol. The van der Waals surface area contributed by atoms with Gasteiger partial charge in [0.2, 0.25) is 0 Å². The molecule has 1 saturated heterocycles. The maximum Gasteiger partial charge on any atom is 0.252 e. The number of rotatable bonds is 5. The molecular formula is C18H20ClN3O2. The first-order chi connectivity index (χ1) is 11.6. The number of pyridine rings is 1. The zero-order valence-corrected chi connectivity index (χ0v) is 14.4. The van der Waals surface area contributed by atoms with Crippen LogP contribution in [0.25, 0.3) is 0 Å². The second kappa shape index (κ2) is 7.64. The highest BCUT2D eigenvalue weighted by atomic mass is 35.5. The molecule has 1 aliphatic heterocycles. The quantitative estimate of drug-likeness (QED) is 0.780. The molecule has 24 heavy (non-hydrogen) atoms. The summed E-state index contributed by atoms with van der Waals surface area (Å²) >= 11 is 5.45. The standard InChI is InChI=1S/C18H20ClN3O2/c1-21-9-11-22(12-10-21)17-3-2-8-20-16(17)13-24-15-6-4-14(5-7-15)18(19)23/h2-8H,9-13H2,1H3. The van der Waals surface area contributed by atoms with Crippen molar-refractivity contribution in [2.75, 3.05) is 38.1 Å². The molecule has 0 amide bonds. The topological polar surface area (TPSA) is 45.7 Å². The fourth-order valence-electron chi connectivity index (χ4n) is 2.71. The number of benzene rings is 1. The Morgan fingerprint density at radius 3 is 2.54 bits per heavy atom. The molecule has 0 atom stereocenters. The summed E-state index contributed by atoms with van der Waals surface area (Å²) in [5, 5.41) is -0.469. The molecule has 0 unspecified atom stereocenters. The molecule has 1 aromatic heterocycles. The van der Waals surface area contributed by atoms with Gasteiger partial charge in [-0.25, -0.2) is 0 Å². The van der Waals surface area contributed by atoms with Crippen LogP contribution in [0.1, 0.15) is 16.1 Å². The summed E-state index contributed by atoms with van der Waals surface area (Å²) in [6.45, 7) is 4.45. The zero-order valence-electron chi connectivity index (χ0n) is 13.6. The van der Waals surface area contributed by atoms with E-state index in [0.717, 1.165) is 37.6 Å².